The smallest absolute Gasteiger partial charge is 0.338 e. The van der Waals surface area contributed by atoms with Crippen LogP contribution >= 0.6 is 0 Å². The Labute approximate surface area is 184 Å². The third-order valence-electron chi connectivity index (χ3n) is 5.33. The molecule has 0 aliphatic carbocycles. The number of benzene rings is 2. The number of anilines is 1. The minimum Gasteiger partial charge on any atom is -0.454 e. The van der Waals surface area contributed by atoms with Crippen molar-refractivity contribution in [3.8, 4) is 0 Å². The summed E-state index contributed by atoms with van der Waals surface area (Å²) in [6.07, 6.45) is 1.05. The number of piperidine rings is 1. The zero-order chi connectivity index (χ0) is 23.4. The van der Waals surface area contributed by atoms with Crippen LogP contribution in [0.4, 0.5) is 17.1 Å². The third kappa shape index (κ3) is 5.26. The summed E-state index contributed by atoms with van der Waals surface area (Å²) in [6.45, 7) is 4.92. The van der Waals surface area contributed by atoms with Gasteiger partial charge in [-0.05, 0) is 30.4 Å². The molecule has 2 aromatic carbocycles. The first-order chi connectivity index (χ1) is 15.2. The number of ether oxygens (including phenoxy) is 1. The summed E-state index contributed by atoms with van der Waals surface area (Å²) in [5.41, 5.74) is -0.0369. The molecule has 10 nitrogen and oxygen atoms in total. The second-order valence-electron chi connectivity index (χ2n) is 8.12. The molecule has 0 radical (unpaired) electrons. The van der Waals surface area contributed by atoms with Gasteiger partial charge in [-0.25, -0.2) is 4.79 Å². The van der Waals surface area contributed by atoms with E-state index in [1.54, 1.807) is 0 Å². The lowest BCUT2D eigenvalue weighted by molar-refractivity contribution is -0.384. The maximum Gasteiger partial charge on any atom is 0.338 e. The van der Waals surface area contributed by atoms with Crippen LogP contribution in [0, 0.1) is 32.1 Å². The lowest BCUT2D eigenvalue weighted by Crippen LogP contribution is -2.39. The molecule has 1 heterocycles. The van der Waals surface area contributed by atoms with Crippen molar-refractivity contribution < 1.29 is 24.2 Å². The number of non-ortho nitro benzene ring substituents is 1. The van der Waals surface area contributed by atoms with Crippen molar-refractivity contribution in [2.24, 2.45) is 11.8 Å². The van der Waals surface area contributed by atoms with Gasteiger partial charge in [0, 0.05) is 36.9 Å². The summed E-state index contributed by atoms with van der Waals surface area (Å²) in [5.74, 6) is -0.728. The predicted octanol–water partition coefficient (Wildman–Crippen LogP) is 4.03. The molecule has 0 spiro atoms. The van der Waals surface area contributed by atoms with E-state index in [1.165, 1.54) is 30.3 Å². The molecule has 0 amide bonds. The van der Waals surface area contributed by atoms with E-state index in [2.05, 4.69) is 13.8 Å². The van der Waals surface area contributed by atoms with Crippen LogP contribution in [0.25, 0.3) is 0 Å². The van der Waals surface area contributed by atoms with E-state index >= 15 is 0 Å². The lowest BCUT2D eigenvalue weighted by Gasteiger charge is -2.36. The molecule has 3 rings (SSSR count). The number of nitrogens with zero attached hydrogens (tertiary/aromatic N) is 3. The summed E-state index contributed by atoms with van der Waals surface area (Å²) < 4.78 is 5.00. The molecule has 0 aromatic heterocycles. The van der Waals surface area contributed by atoms with Gasteiger partial charge >= 0.3 is 5.97 Å². The van der Waals surface area contributed by atoms with Crippen LogP contribution in [-0.2, 0) is 4.74 Å². The van der Waals surface area contributed by atoms with E-state index in [0.29, 0.717) is 30.6 Å². The highest BCUT2D eigenvalue weighted by atomic mass is 16.6. The van der Waals surface area contributed by atoms with Crippen molar-refractivity contribution in [2.75, 3.05) is 24.6 Å². The first-order valence-electron chi connectivity index (χ1n) is 10.1. The molecule has 1 aliphatic rings. The average Bonchev–Trinajstić information content (AvgIpc) is 2.76. The van der Waals surface area contributed by atoms with E-state index in [0.717, 1.165) is 18.6 Å². The van der Waals surface area contributed by atoms with E-state index in [9.17, 15) is 29.8 Å². The highest BCUT2D eigenvalue weighted by Gasteiger charge is 2.28. The number of rotatable bonds is 7. The van der Waals surface area contributed by atoms with Crippen LogP contribution in [-0.4, -0.2) is 41.3 Å². The van der Waals surface area contributed by atoms with Crippen LogP contribution in [0.5, 0.6) is 0 Å². The van der Waals surface area contributed by atoms with E-state index in [4.69, 9.17) is 4.74 Å². The number of carbonyl (C=O) groups is 2. The fourth-order valence-corrected chi connectivity index (χ4v) is 4.01. The van der Waals surface area contributed by atoms with E-state index < -0.39 is 28.2 Å². The van der Waals surface area contributed by atoms with E-state index in [1.807, 2.05) is 4.90 Å². The summed E-state index contributed by atoms with van der Waals surface area (Å²) in [6, 6.07) is 9.19. The van der Waals surface area contributed by atoms with Gasteiger partial charge in [-0.15, -0.1) is 0 Å². The van der Waals surface area contributed by atoms with Crippen LogP contribution in [0.2, 0.25) is 0 Å². The normalized spacial score (nSPS) is 18.1. The topological polar surface area (TPSA) is 133 Å². The molecule has 0 N–H and O–H groups in total. The minimum atomic E-state index is -0.890. The Morgan fingerprint density at radius 2 is 1.69 bits per heavy atom. The number of esters is 1. The Morgan fingerprint density at radius 1 is 1.00 bits per heavy atom. The molecule has 2 unspecified atom stereocenters. The van der Waals surface area contributed by atoms with Gasteiger partial charge in [0.25, 0.3) is 11.4 Å². The Morgan fingerprint density at radius 3 is 2.31 bits per heavy atom. The number of nitro benzene ring substituents is 2. The Bertz CT molecular complexity index is 1060. The van der Waals surface area contributed by atoms with Crippen molar-refractivity contribution in [1.29, 1.82) is 0 Å². The van der Waals surface area contributed by atoms with Crippen LogP contribution in [0.1, 0.15) is 41.0 Å². The molecular weight excluding hydrogens is 418 g/mol. The van der Waals surface area contributed by atoms with Gasteiger partial charge in [-0.3, -0.25) is 25.0 Å². The van der Waals surface area contributed by atoms with Crippen LogP contribution < -0.4 is 4.90 Å². The van der Waals surface area contributed by atoms with Gasteiger partial charge in [-0.2, -0.15) is 0 Å². The molecule has 2 atom stereocenters. The monoisotopic (exact) mass is 441 g/mol. The van der Waals surface area contributed by atoms with Crippen LogP contribution in [0.3, 0.4) is 0 Å². The van der Waals surface area contributed by atoms with Gasteiger partial charge in [-0.1, -0.05) is 26.0 Å². The first-order valence-corrected chi connectivity index (χ1v) is 10.1. The summed E-state index contributed by atoms with van der Waals surface area (Å²) >= 11 is 0. The Hall–Kier alpha value is -3.82. The molecule has 32 heavy (non-hydrogen) atoms. The van der Waals surface area contributed by atoms with Gasteiger partial charge in [0.2, 0.25) is 5.78 Å². The molecular formula is C22H23N3O7. The maximum atomic E-state index is 12.4. The summed E-state index contributed by atoms with van der Waals surface area (Å²) in [4.78, 5) is 47.9. The highest BCUT2D eigenvalue weighted by molar-refractivity contribution is 6.00. The average molecular weight is 441 g/mol. The van der Waals surface area contributed by atoms with Gasteiger partial charge < -0.3 is 9.64 Å². The first kappa shape index (κ1) is 22.9. The maximum absolute atomic E-state index is 12.4. The van der Waals surface area contributed by atoms with Crippen molar-refractivity contribution >= 4 is 28.8 Å². The second-order valence-corrected chi connectivity index (χ2v) is 8.12. The van der Waals surface area contributed by atoms with Gasteiger partial charge in [0.15, 0.2) is 6.61 Å². The van der Waals surface area contributed by atoms with Crippen molar-refractivity contribution in [3.05, 3.63) is 73.8 Å². The largest absolute Gasteiger partial charge is 0.454 e. The van der Waals surface area contributed by atoms with Crippen molar-refractivity contribution in [2.45, 2.75) is 20.3 Å². The Balaban J connectivity index is 1.73. The minimum absolute atomic E-state index is 0.0293. The second kappa shape index (κ2) is 9.54. The fraction of sp³-hybridized carbons (Fsp3) is 0.364. The van der Waals surface area contributed by atoms with Crippen molar-refractivity contribution in [3.63, 3.8) is 0 Å². The molecule has 2 aromatic rings. The van der Waals surface area contributed by atoms with Crippen LogP contribution in [0.15, 0.2) is 42.5 Å². The number of hydrogen-bond donors (Lipinski definition) is 0. The molecule has 0 saturated carbocycles. The zero-order valence-corrected chi connectivity index (χ0v) is 17.7. The number of hydrogen-bond acceptors (Lipinski definition) is 8. The molecule has 0 bridgehead atoms. The molecule has 1 aliphatic heterocycles. The molecule has 1 saturated heterocycles. The SMILES string of the molecule is CC1CC(C)CN(c2ccc(C(=O)OCC(=O)c3cccc([N+](=O)[O-])c3)cc2[N+](=O)[O-])C1. The Kier molecular flexibility index (Phi) is 6.82. The van der Waals surface area contributed by atoms with Gasteiger partial charge in [0.1, 0.15) is 5.69 Å². The number of carbonyl (C=O) groups excluding carboxylic acids is 2. The summed E-state index contributed by atoms with van der Waals surface area (Å²) in [7, 11) is 0. The number of nitro groups is 2. The fourth-order valence-electron chi connectivity index (χ4n) is 4.01. The highest BCUT2D eigenvalue weighted by Crippen LogP contribution is 2.34. The quantitative estimate of drug-likeness (QED) is 0.272. The van der Waals surface area contributed by atoms with E-state index in [-0.39, 0.29) is 22.5 Å². The molecule has 10 heteroatoms. The van der Waals surface area contributed by atoms with Gasteiger partial charge in [0.05, 0.1) is 15.4 Å². The number of Topliss-reactive ketones (excluding diaryl/α,β-unsaturated/α-hetero) is 1. The molecule has 1 fully saturated rings. The number of ketones is 1. The molecule has 168 valence electrons. The third-order valence-corrected chi connectivity index (χ3v) is 5.33. The predicted molar refractivity (Wildman–Crippen MR) is 116 cm³/mol. The lowest BCUT2D eigenvalue weighted by atomic mass is 9.91. The zero-order valence-electron chi connectivity index (χ0n) is 17.7. The standard InChI is InChI=1S/C22H23N3O7/c1-14-8-15(2)12-23(11-14)19-7-6-17(10-20(19)25(30)31)22(27)32-13-21(26)16-4-3-5-18(9-16)24(28)29/h3-7,9-10,14-15H,8,11-13H2,1-2H3. The summed E-state index contributed by atoms with van der Waals surface area (Å²) in [5, 5.41) is 22.5. The van der Waals surface area contributed by atoms with Crippen molar-refractivity contribution in [1.82, 2.24) is 0 Å².